The van der Waals surface area contributed by atoms with Gasteiger partial charge in [0.15, 0.2) is 0 Å². The van der Waals surface area contributed by atoms with Crippen molar-refractivity contribution in [2.75, 3.05) is 14.2 Å². The second kappa shape index (κ2) is 6.18. The first kappa shape index (κ1) is 14.6. The summed E-state index contributed by atoms with van der Waals surface area (Å²) in [6, 6.07) is 0.509. The summed E-state index contributed by atoms with van der Waals surface area (Å²) in [7, 11) is 3.26. The predicted octanol–water partition coefficient (Wildman–Crippen LogP) is 2.41. The Balaban J connectivity index is 1.64. The van der Waals surface area contributed by atoms with Crippen molar-refractivity contribution in [1.82, 2.24) is 15.3 Å². The summed E-state index contributed by atoms with van der Waals surface area (Å²) in [5.74, 6) is 3.90. The first-order chi connectivity index (χ1) is 10.2. The molecule has 2 aliphatic rings. The van der Waals surface area contributed by atoms with Crippen LogP contribution >= 0.6 is 0 Å². The topological polar surface area (TPSA) is 56.3 Å². The van der Waals surface area contributed by atoms with Gasteiger partial charge in [-0.2, -0.15) is 0 Å². The van der Waals surface area contributed by atoms with Crippen LogP contribution in [0.15, 0.2) is 6.33 Å². The number of hydrogen-bond acceptors (Lipinski definition) is 5. The molecule has 4 unspecified atom stereocenters. The molecule has 5 nitrogen and oxygen atoms in total. The van der Waals surface area contributed by atoms with Gasteiger partial charge in [-0.15, -0.1) is 0 Å². The van der Waals surface area contributed by atoms with Crippen LogP contribution in [0.4, 0.5) is 0 Å². The largest absolute Gasteiger partial charge is 0.481 e. The molecule has 1 N–H and O–H groups in total. The Morgan fingerprint density at radius 1 is 1.19 bits per heavy atom. The van der Waals surface area contributed by atoms with Gasteiger partial charge in [0.2, 0.25) is 11.8 Å². The first-order valence-corrected chi connectivity index (χ1v) is 7.88. The zero-order valence-corrected chi connectivity index (χ0v) is 13.1. The average Bonchev–Trinajstić information content (AvgIpc) is 3.15. The van der Waals surface area contributed by atoms with Crippen molar-refractivity contribution >= 4 is 0 Å². The van der Waals surface area contributed by atoms with E-state index in [1.807, 2.05) is 0 Å². The first-order valence-electron chi connectivity index (χ1n) is 7.88. The van der Waals surface area contributed by atoms with Crippen molar-refractivity contribution in [1.29, 1.82) is 0 Å². The van der Waals surface area contributed by atoms with Crippen LogP contribution in [0.1, 0.15) is 38.2 Å². The van der Waals surface area contributed by atoms with E-state index in [1.54, 1.807) is 14.2 Å². The minimum Gasteiger partial charge on any atom is -0.481 e. The normalized spacial score (nSPS) is 28.6. The number of rotatable bonds is 6. The molecular weight excluding hydrogens is 266 g/mol. The van der Waals surface area contributed by atoms with E-state index in [-0.39, 0.29) is 0 Å². The van der Waals surface area contributed by atoms with Crippen LogP contribution in [-0.2, 0) is 6.54 Å². The van der Waals surface area contributed by atoms with E-state index in [4.69, 9.17) is 9.47 Å². The lowest BCUT2D eigenvalue weighted by atomic mass is 9.84. The molecule has 2 saturated carbocycles. The van der Waals surface area contributed by atoms with E-state index in [0.717, 1.165) is 23.3 Å². The van der Waals surface area contributed by atoms with Gasteiger partial charge >= 0.3 is 0 Å². The summed E-state index contributed by atoms with van der Waals surface area (Å²) in [6.45, 7) is 2.98. The van der Waals surface area contributed by atoms with Crippen LogP contribution < -0.4 is 14.8 Å². The summed E-state index contributed by atoms with van der Waals surface area (Å²) >= 11 is 0. The van der Waals surface area contributed by atoms with Crippen molar-refractivity contribution in [3.63, 3.8) is 0 Å². The Hall–Kier alpha value is -1.36. The van der Waals surface area contributed by atoms with Crippen molar-refractivity contribution < 1.29 is 9.47 Å². The molecule has 1 aromatic rings. The van der Waals surface area contributed by atoms with Crippen LogP contribution in [-0.4, -0.2) is 30.2 Å². The Morgan fingerprint density at radius 3 is 2.43 bits per heavy atom. The van der Waals surface area contributed by atoms with Gasteiger partial charge < -0.3 is 14.8 Å². The molecule has 1 heterocycles. The van der Waals surface area contributed by atoms with Gasteiger partial charge in [0.05, 0.1) is 19.8 Å². The lowest BCUT2D eigenvalue weighted by molar-refractivity contribution is 0.257. The fourth-order valence-electron chi connectivity index (χ4n) is 4.20. The minimum absolute atomic E-state index is 0.509. The molecule has 21 heavy (non-hydrogen) atoms. The van der Waals surface area contributed by atoms with Gasteiger partial charge in [-0.25, -0.2) is 9.97 Å². The predicted molar refractivity (Wildman–Crippen MR) is 80.4 cm³/mol. The quantitative estimate of drug-likeness (QED) is 0.872. The van der Waals surface area contributed by atoms with Gasteiger partial charge in [0, 0.05) is 12.6 Å². The second-order valence-corrected chi connectivity index (χ2v) is 6.38. The average molecular weight is 291 g/mol. The molecule has 2 fully saturated rings. The van der Waals surface area contributed by atoms with Crippen molar-refractivity contribution in [2.24, 2.45) is 17.8 Å². The zero-order chi connectivity index (χ0) is 14.8. The minimum atomic E-state index is 0.509. The number of ether oxygens (including phenoxy) is 2. The van der Waals surface area contributed by atoms with Crippen LogP contribution in [0.2, 0.25) is 0 Å². The molecule has 0 aromatic carbocycles. The Morgan fingerprint density at radius 2 is 1.90 bits per heavy atom. The Kier molecular flexibility index (Phi) is 4.29. The van der Waals surface area contributed by atoms with Gasteiger partial charge in [0.25, 0.3) is 0 Å². The van der Waals surface area contributed by atoms with Crippen molar-refractivity contribution in [3.05, 3.63) is 11.9 Å². The van der Waals surface area contributed by atoms with Gasteiger partial charge in [-0.1, -0.05) is 6.42 Å². The molecule has 3 rings (SSSR count). The van der Waals surface area contributed by atoms with Crippen LogP contribution in [0, 0.1) is 17.8 Å². The third-order valence-corrected chi connectivity index (χ3v) is 5.29. The molecule has 5 heteroatoms. The maximum absolute atomic E-state index is 5.32. The molecule has 2 aliphatic carbocycles. The van der Waals surface area contributed by atoms with Crippen LogP contribution in [0.3, 0.4) is 0 Å². The lowest BCUT2D eigenvalue weighted by Gasteiger charge is -2.28. The fraction of sp³-hybridized carbons (Fsp3) is 0.750. The SMILES string of the molecule is COc1ncnc(OC)c1CNC(C)C1CC2CCC1C2. The summed E-state index contributed by atoms with van der Waals surface area (Å²) in [6.07, 6.45) is 7.17. The van der Waals surface area contributed by atoms with Crippen LogP contribution in [0.5, 0.6) is 11.8 Å². The highest BCUT2D eigenvalue weighted by Crippen LogP contribution is 2.49. The van der Waals surface area contributed by atoms with Crippen molar-refractivity contribution in [3.8, 4) is 11.8 Å². The number of methoxy groups -OCH3 is 2. The van der Waals surface area contributed by atoms with Crippen LogP contribution in [0.25, 0.3) is 0 Å². The molecule has 0 spiro atoms. The Labute approximate surface area is 126 Å². The number of aromatic nitrogens is 2. The van der Waals surface area contributed by atoms with Gasteiger partial charge in [0.1, 0.15) is 6.33 Å². The molecule has 116 valence electrons. The third kappa shape index (κ3) is 2.84. The third-order valence-electron chi connectivity index (χ3n) is 5.29. The Bertz CT molecular complexity index is 472. The lowest BCUT2D eigenvalue weighted by Crippen LogP contribution is -2.36. The molecule has 4 atom stereocenters. The number of fused-ring (bicyclic) bond motifs is 2. The number of nitrogens with one attached hydrogen (secondary N) is 1. The number of nitrogens with zero attached hydrogens (tertiary/aromatic N) is 2. The monoisotopic (exact) mass is 291 g/mol. The summed E-state index contributed by atoms with van der Waals surface area (Å²) in [4.78, 5) is 8.33. The zero-order valence-electron chi connectivity index (χ0n) is 13.1. The van der Waals surface area contributed by atoms with E-state index in [2.05, 4.69) is 22.2 Å². The molecule has 0 radical (unpaired) electrons. The summed E-state index contributed by atoms with van der Waals surface area (Å²) in [5.41, 5.74) is 0.900. The molecule has 2 bridgehead atoms. The highest BCUT2D eigenvalue weighted by molar-refractivity contribution is 5.34. The summed E-state index contributed by atoms with van der Waals surface area (Å²) in [5, 5.41) is 3.64. The van der Waals surface area contributed by atoms with E-state index >= 15 is 0 Å². The maximum Gasteiger partial charge on any atom is 0.224 e. The number of hydrogen-bond donors (Lipinski definition) is 1. The smallest absolute Gasteiger partial charge is 0.224 e. The van der Waals surface area contributed by atoms with E-state index in [9.17, 15) is 0 Å². The van der Waals surface area contributed by atoms with Gasteiger partial charge in [-0.05, 0) is 43.9 Å². The maximum atomic E-state index is 5.32. The summed E-state index contributed by atoms with van der Waals surface area (Å²) < 4.78 is 10.6. The van der Waals surface area contributed by atoms with E-state index in [0.29, 0.717) is 24.3 Å². The van der Waals surface area contributed by atoms with E-state index in [1.165, 1.54) is 32.0 Å². The molecule has 0 aliphatic heterocycles. The molecule has 0 amide bonds. The highest BCUT2D eigenvalue weighted by atomic mass is 16.5. The second-order valence-electron chi connectivity index (χ2n) is 6.38. The molecule has 1 aromatic heterocycles. The fourth-order valence-corrected chi connectivity index (χ4v) is 4.20. The van der Waals surface area contributed by atoms with Gasteiger partial charge in [-0.3, -0.25) is 0 Å². The molecular formula is C16H25N3O2. The van der Waals surface area contributed by atoms with Crippen molar-refractivity contribution in [2.45, 2.75) is 45.2 Å². The molecule has 0 saturated heterocycles. The highest BCUT2D eigenvalue weighted by Gasteiger charge is 2.41. The standard InChI is InChI=1S/C16H25N3O2/c1-10(13-7-11-4-5-12(13)6-11)17-8-14-15(20-2)18-9-19-16(14)21-3/h9-13,17H,4-8H2,1-3H3. The van der Waals surface area contributed by atoms with E-state index < -0.39 is 0 Å².